The minimum atomic E-state index is -4.73. The average molecular weight is 915 g/mol. The summed E-state index contributed by atoms with van der Waals surface area (Å²) in [6.45, 7) is 0.356. The number of thiophene rings is 2. The summed E-state index contributed by atoms with van der Waals surface area (Å²) >= 11 is 2.29. The van der Waals surface area contributed by atoms with E-state index in [2.05, 4.69) is 69.7 Å². The fraction of sp³-hybridized carbons (Fsp3) is 0.143. The summed E-state index contributed by atoms with van der Waals surface area (Å²) in [6, 6.07) is 9.27. The van der Waals surface area contributed by atoms with Crippen molar-refractivity contribution in [3.8, 4) is 21.4 Å². The van der Waals surface area contributed by atoms with Gasteiger partial charge >= 0.3 is 30.1 Å². The van der Waals surface area contributed by atoms with Crippen molar-refractivity contribution in [2.24, 2.45) is 5.73 Å². The van der Waals surface area contributed by atoms with Crippen LogP contribution in [0.15, 0.2) is 95.0 Å². The van der Waals surface area contributed by atoms with Gasteiger partial charge < -0.3 is 29.7 Å². The number of amides is 1. The first-order valence-corrected chi connectivity index (χ1v) is 18.5. The third-order valence-electron chi connectivity index (χ3n) is 7.75. The highest BCUT2D eigenvalue weighted by atomic mass is 32.1. The number of carboxylic acids is 1. The van der Waals surface area contributed by atoms with Gasteiger partial charge in [0.25, 0.3) is 0 Å². The number of anilines is 4. The van der Waals surface area contributed by atoms with Crippen molar-refractivity contribution in [1.29, 1.82) is 0 Å². The van der Waals surface area contributed by atoms with Crippen LogP contribution in [0.3, 0.4) is 0 Å². The second kappa shape index (κ2) is 18.8. The van der Waals surface area contributed by atoms with Crippen LogP contribution in [0.25, 0.3) is 21.4 Å². The molecule has 0 saturated carbocycles. The molecule has 63 heavy (non-hydrogen) atoms. The van der Waals surface area contributed by atoms with Crippen LogP contribution in [0.5, 0.6) is 0 Å². The van der Waals surface area contributed by atoms with Crippen LogP contribution < -0.4 is 15.5 Å². The molecule has 8 aromatic heterocycles. The maximum absolute atomic E-state index is 12.7. The number of primary amides is 1. The summed E-state index contributed by atoms with van der Waals surface area (Å²) in [7, 11) is 1.25. The van der Waals surface area contributed by atoms with Gasteiger partial charge in [-0.15, -0.1) is 32.9 Å². The molecule has 8 rings (SSSR count). The van der Waals surface area contributed by atoms with Crippen molar-refractivity contribution in [2.75, 3.05) is 9.80 Å². The molecule has 0 atom stereocenters. The lowest BCUT2D eigenvalue weighted by Gasteiger charge is -2.21. The zero-order valence-electron chi connectivity index (χ0n) is 32.5. The Kier molecular flexibility index (Phi) is 12.9. The van der Waals surface area contributed by atoms with Gasteiger partial charge in [0.15, 0.2) is 23.3 Å². The summed E-state index contributed by atoms with van der Waals surface area (Å²) < 4.78 is 90.5. The molecule has 0 spiro atoms. The van der Waals surface area contributed by atoms with Gasteiger partial charge in [0.1, 0.15) is 0 Å². The fourth-order valence-corrected chi connectivity index (χ4v) is 6.85. The fourth-order valence-electron chi connectivity index (χ4n) is 5.00. The number of nitrogens with two attached hydrogens (primary N) is 1. The lowest BCUT2D eigenvalue weighted by molar-refractivity contribution is -0.160. The monoisotopic (exact) mass is 914 g/mol. The molecule has 28 heteroatoms. The van der Waals surface area contributed by atoms with Crippen molar-refractivity contribution < 1.29 is 51.5 Å². The molecule has 324 valence electrons. The second-order valence-electron chi connectivity index (χ2n) is 11.9. The first-order chi connectivity index (χ1) is 30.6. The number of aromatic nitrogens is 12. The van der Waals surface area contributed by atoms with E-state index in [1.807, 2.05) is 0 Å². The lowest BCUT2D eigenvalue weighted by atomic mass is 10.2. The molecule has 1 amide bonds. The zero-order valence-corrected chi connectivity index (χ0v) is 33.1. The Hall–Kier alpha value is -7.88. The molecule has 0 aliphatic rings. The largest absolute Gasteiger partial charge is 0.478 e. The summed E-state index contributed by atoms with van der Waals surface area (Å²) in [5.41, 5.74) is 5.40. The Morgan fingerprint density at radius 2 is 1.13 bits per heavy atom. The van der Waals surface area contributed by atoms with E-state index in [1.54, 1.807) is 34.1 Å². The molecule has 8 heterocycles. The molecule has 0 aromatic carbocycles. The lowest BCUT2D eigenvalue weighted by Crippen LogP contribution is -2.20. The van der Waals surface area contributed by atoms with Crippen LogP contribution in [0.4, 0.5) is 49.6 Å². The van der Waals surface area contributed by atoms with Crippen LogP contribution in [0.1, 0.15) is 51.0 Å². The summed E-state index contributed by atoms with van der Waals surface area (Å²) in [5.74, 6) is -3.80. The standard InChI is InChI=1S/C17H11F3N8O2S.C17H10F3N7O3S.CH4/c18-17(19,20)16-25-15(27-30-16)11-2-1-10(31-11)8-28(13-7-22-3-4-23-13)12-5-9(14(21)29)6-24-26-12;18-17(19,20)16-24-14(26-30-16)11-2-1-10(31-11)8-27(13-7-21-3-4-22-13)12-5-9(15(28)29)6-23-25-12;/h1-7H,8H2,(H2,21,29);1-7H,8H2,(H,28,29);1H4/i;;1D. The quantitative estimate of drug-likeness (QED) is 0.118. The number of carboxylic acid groups (broad SMARTS) is 1. The predicted molar refractivity (Wildman–Crippen MR) is 207 cm³/mol. The molecular weight excluding hydrogens is 889 g/mol. The number of carbonyl (C=O) groups is 2. The Labute approximate surface area is 357 Å². The number of aromatic carboxylic acids is 1. The first-order valence-electron chi connectivity index (χ1n) is 17.9. The Balaban J connectivity index is 0.000000205. The summed E-state index contributed by atoms with van der Waals surface area (Å²) in [6.07, 6.45) is 1.72. The van der Waals surface area contributed by atoms with E-state index < -0.39 is 36.0 Å². The van der Waals surface area contributed by atoms with Crippen molar-refractivity contribution in [1.82, 2.24) is 60.6 Å². The number of hydrogen-bond acceptors (Lipinski definition) is 20. The number of alkyl halides is 6. The minimum Gasteiger partial charge on any atom is -0.478 e. The molecule has 20 nitrogen and oxygen atoms in total. The normalized spacial score (nSPS) is 11.4. The Bertz CT molecular complexity index is 2620. The molecule has 0 radical (unpaired) electrons. The van der Waals surface area contributed by atoms with Crippen molar-refractivity contribution in [3.05, 3.63) is 119 Å². The van der Waals surface area contributed by atoms with Crippen LogP contribution >= 0.6 is 22.7 Å². The molecular formula is C35H25F6N15O5S2. The highest BCUT2D eigenvalue weighted by Gasteiger charge is 2.39. The molecule has 0 unspecified atom stereocenters. The number of nitrogens with zero attached hydrogens (tertiary/aromatic N) is 14. The maximum Gasteiger partial charge on any atom is 0.471 e. The van der Waals surface area contributed by atoms with Gasteiger partial charge in [-0.3, -0.25) is 14.8 Å². The van der Waals surface area contributed by atoms with Crippen LogP contribution in [0.2, 0.25) is 0 Å². The third-order valence-corrected chi connectivity index (χ3v) is 9.88. The van der Waals surface area contributed by atoms with Gasteiger partial charge in [0, 0.05) is 35.9 Å². The van der Waals surface area contributed by atoms with Crippen molar-refractivity contribution in [2.45, 2.75) is 32.8 Å². The molecule has 0 fully saturated rings. The van der Waals surface area contributed by atoms with Gasteiger partial charge in [0.2, 0.25) is 17.6 Å². The third kappa shape index (κ3) is 10.9. The van der Waals surface area contributed by atoms with E-state index in [0.717, 1.165) is 28.9 Å². The second-order valence-corrected chi connectivity index (χ2v) is 14.3. The number of rotatable bonds is 12. The van der Waals surface area contributed by atoms with E-state index >= 15 is 0 Å². The van der Waals surface area contributed by atoms with Gasteiger partial charge in [0.05, 0.1) is 58.8 Å². The topological polar surface area (TPSA) is 268 Å². The van der Waals surface area contributed by atoms with Gasteiger partial charge in [-0.25, -0.2) is 14.8 Å². The van der Waals surface area contributed by atoms with Crippen molar-refractivity contribution >= 4 is 57.8 Å². The molecule has 8 aromatic rings. The van der Waals surface area contributed by atoms with Crippen LogP contribution in [-0.4, -0.2) is 77.6 Å². The Morgan fingerprint density at radius 1 is 0.683 bits per heavy atom. The van der Waals surface area contributed by atoms with Gasteiger partial charge in [-0.05, 0) is 36.4 Å². The van der Waals surface area contributed by atoms with E-state index in [-0.39, 0.29) is 47.5 Å². The minimum absolute atomic E-state index is 0.0720. The molecule has 0 aliphatic heterocycles. The van der Waals surface area contributed by atoms with E-state index in [1.165, 1.54) is 62.9 Å². The average Bonchev–Trinajstić information content (AvgIpc) is 4.14. The number of halogens is 6. The highest BCUT2D eigenvalue weighted by molar-refractivity contribution is 7.15. The van der Waals surface area contributed by atoms with Gasteiger partial charge in [-0.1, -0.05) is 17.7 Å². The van der Waals surface area contributed by atoms with E-state index in [4.69, 9.17) is 7.10 Å². The predicted octanol–water partition coefficient (Wildman–Crippen LogP) is 6.90. The van der Waals surface area contributed by atoms with E-state index in [9.17, 15) is 41.0 Å². The van der Waals surface area contributed by atoms with E-state index in [0.29, 0.717) is 31.1 Å². The molecule has 0 bridgehead atoms. The SMILES string of the molecule is NC(=O)c1cnnc(N(Cc2ccc(-c3noc(C(F)(F)F)n3)s2)c2cnccn2)c1.O=C(O)c1cnnc(N(Cc2ccc(-c3noc(C(F)(F)F)n3)s2)c2cnccn2)c1.[2H]C. The summed E-state index contributed by atoms with van der Waals surface area (Å²) in [5, 5.41) is 31.5. The van der Waals surface area contributed by atoms with Crippen LogP contribution in [0, 0.1) is 0 Å². The van der Waals surface area contributed by atoms with Gasteiger partial charge in [-0.2, -0.15) is 46.5 Å². The highest BCUT2D eigenvalue weighted by Crippen LogP contribution is 2.35. The van der Waals surface area contributed by atoms with Crippen molar-refractivity contribution in [3.63, 3.8) is 0 Å². The zero-order chi connectivity index (χ0) is 46.0. The first kappa shape index (κ1) is 43.2. The number of hydrogen-bond donors (Lipinski definition) is 2. The Morgan fingerprint density at radius 3 is 1.51 bits per heavy atom. The maximum atomic E-state index is 12.7. The molecule has 0 aliphatic carbocycles. The smallest absolute Gasteiger partial charge is 0.471 e. The number of carbonyl (C=O) groups excluding carboxylic acids is 1. The molecule has 0 saturated heterocycles. The van der Waals surface area contributed by atoms with Crippen LogP contribution in [-0.2, 0) is 25.4 Å². The summed E-state index contributed by atoms with van der Waals surface area (Å²) in [4.78, 5) is 51.4. The molecule has 3 N–H and O–H groups in total.